The Labute approximate surface area is 164 Å². The SMILES string of the molecule is Cc1ccc(-c2ccc(/C=C/C(=O)Nc3ccc(F)c([N+](=O)[O-])c3)o2)cc1Cl. The van der Waals surface area contributed by atoms with Crippen molar-refractivity contribution < 1.29 is 18.5 Å². The summed E-state index contributed by atoms with van der Waals surface area (Å²) < 4.78 is 19.0. The molecule has 142 valence electrons. The number of carbonyl (C=O) groups excluding carboxylic acids is 1. The molecule has 1 aromatic heterocycles. The number of nitro groups is 1. The molecule has 0 unspecified atom stereocenters. The van der Waals surface area contributed by atoms with Gasteiger partial charge >= 0.3 is 5.69 Å². The predicted octanol–water partition coefficient (Wildman–Crippen LogP) is 5.61. The Morgan fingerprint density at radius 3 is 2.71 bits per heavy atom. The van der Waals surface area contributed by atoms with Gasteiger partial charge in [0.1, 0.15) is 11.5 Å². The molecule has 0 atom stereocenters. The van der Waals surface area contributed by atoms with Crippen LogP contribution in [-0.2, 0) is 4.79 Å². The minimum atomic E-state index is -0.974. The first kappa shape index (κ1) is 19.3. The van der Waals surface area contributed by atoms with E-state index in [2.05, 4.69) is 5.32 Å². The van der Waals surface area contributed by atoms with Crippen LogP contribution in [0.1, 0.15) is 11.3 Å². The second kappa shape index (κ2) is 8.06. The van der Waals surface area contributed by atoms with Gasteiger partial charge in [0.25, 0.3) is 0 Å². The molecule has 3 aromatic rings. The van der Waals surface area contributed by atoms with Crippen LogP contribution < -0.4 is 5.32 Å². The molecule has 0 radical (unpaired) electrons. The summed E-state index contributed by atoms with van der Waals surface area (Å²) >= 11 is 6.12. The van der Waals surface area contributed by atoms with Gasteiger partial charge in [-0.05, 0) is 48.9 Å². The van der Waals surface area contributed by atoms with Crippen molar-refractivity contribution in [1.29, 1.82) is 0 Å². The van der Waals surface area contributed by atoms with Gasteiger partial charge in [0, 0.05) is 28.4 Å². The standard InChI is InChI=1S/C20H14ClFN2O4/c1-12-2-3-13(10-16(12)21)19-8-5-15(28-19)6-9-20(25)23-14-4-7-17(22)18(11-14)24(26)27/h2-11H,1H3,(H,23,25)/b9-6+. The van der Waals surface area contributed by atoms with Crippen LogP contribution in [-0.4, -0.2) is 10.8 Å². The third-order valence-corrected chi connectivity index (χ3v) is 4.30. The Kier molecular flexibility index (Phi) is 5.56. The topological polar surface area (TPSA) is 85.4 Å². The molecule has 0 fully saturated rings. The van der Waals surface area contributed by atoms with E-state index in [1.165, 1.54) is 18.2 Å². The number of carbonyl (C=O) groups is 1. The molecule has 28 heavy (non-hydrogen) atoms. The Hall–Kier alpha value is -3.45. The van der Waals surface area contributed by atoms with Crippen LogP contribution in [0.2, 0.25) is 5.02 Å². The Morgan fingerprint density at radius 1 is 1.21 bits per heavy atom. The highest BCUT2D eigenvalue weighted by Crippen LogP contribution is 2.27. The third kappa shape index (κ3) is 4.44. The van der Waals surface area contributed by atoms with Crippen molar-refractivity contribution >= 4 is 35.0 Å². The van der Waals surface area contributed by atoms with Crippen molar-refractivity contribution in [2.24, 2.45) is 0 Å². The molecule has 8 heteroatoms. The zero-order valence-corrected chi connectivity index (χ0v) is 15.4. The summed E-state index contributed by atoms with van der Waals surface area (Å²) in [6, 6.07) is 12.1. The van der Waals surface area contributed by atoms with Gasteiger partial charge in [-0.15, -0.1) is 0 Å². The van der Waals surface area contributed by atoms with Crippen molar-refractivity contribution in [3.8, 4) is 11.3 Å². The fourth-order valence-corrected chi connectivity index (χ4v) is 2.60. The lowest BCUT2D eigenvalue weighted by molar-refractivity contribution is -0.387. The maximum atomic E-state index is 13.3. The number of amides is 1. The zero-order chi connectivity index (χ0) is 20.3. The summed E-state index contributed by atoms with van der Waals surface area (Å²) in [7, 11) is 0. The number of benzene rings is 2. The van der Waals surface area contributed by atoms with E-state index in [1.54, 1.807) is 18.2 Å². The van der Waals surface area contributed by atoms with Crippen molar-refractivity contribution in [2.45, 2.75) is 6.92 Å². The first-order valence-electron chi connectivity index (χ1n) is 8.13. The lowest BCUT2D eigenvalue weighted by atomic mass is 10.1. The summed E-state index contributed by atoms with van der Waals surface area (Å²) in [5, 5.41) is 13.8. The summed E-state index contributed by atoms with van der Waals surface area (Å²) in [6.07, 6.45) is 2.66. The van der Waals surface area contributed by atoms with Gasteiger partial charge in [0.15, 0.2) is 0 Å². The summed E-state index contributed by atoms with van der Waals surface area (Å²) in [5.41, 5.74) is 1.15. The smallest absolute Gasteiger partial charge is 0.306 e. The number of hydrogen-bond acceptors (Lipinski definition) is 4. The molecule has 0 aliphatic carbocycles. The highest BCUT2D eigenvalue weighted by atomic mass is 35.5. The number of rotatable bonds is 5. The van der Waals surface area contributed by atoms with E-state index >= 15 is 0 Å². The molecule has 1 amide bonds. The van der Waals surface area contributed by atoms with Gasteiger partial charge in [-0.3, -0.25) is 14.9 Å². The van der Waals surface area contributed by atoms with E-state index in [4.69, 9.17) is 16.0 Å². The van der Waals surface area contributed by atoms with Gasteiger partial charge in [-0.2, -0.15) is 4.39 Å². The number of nitro benzene ring substituents is 1. The van der Waals surface area contributed by atoms with Crippen LogP contribution >= 0.6 is 11.6 Å². The Morgan fingerprint density at radius 2 is 2.00 bits per heavy atom. The molecular formula is C20H14ClFN2O4. The van der Waals surface area contributed by atoms with Crippen molar-refractivity contribution in [3.05, 3.63) is 86.9 Å². The number of nitrogens with zero attached hydrogens (tertiary/aromatic N) is 1. The number of hydrogen-bond donors (Lipinski definition) is 1. The van der Waals surface area contributed by atoms with Crippen LogP contribution in [0.25, 0.3) is 17.4 Å². The van der Waals surface area contributed by atoms with Crippen LogP contribution in [0, 0.1) is 22.9 Å². The molecule has 0 saturated heterocycles. The van der Waals surface area contributed by atoms with Gasteiger partial charge in [-0.25, -0.2) is 0 Å². The Balaban J connectivity index is 1.70. The molecule has 0 spiro atoms. The molecule has 1 N–H and O–H groups in total. The molecular weight excluding hydrogens is 387 g/mol. The highest BCUT2D eigenvalue weighted by Gasteiger charge is 2.14. The van der Waals surface area contributed by atoms with E-state index < -0.39 is 22.3 Å². The minimum Gasteiger partial charge on any atom is -0.457 e. The predicted molar refractivity (Wildman–Crippen MR) is 105 cm³/mol. The minimum absolute atomic E-state index is 0.109. The summed E-state index contributed by atoms with van der Waals surface area (Å²) in [6.45, 7) is 1.90. The van der Waals surface area contributed by atoms with Crippen LogP contribution in [0.3, 0.4) is 0 Å². The largest absolute Gasteiger partial charge is 0.457 e. The maximum absolute atomic E-state index is 13.3. The first-order valence-corrected chi connectivity index (χ1v) is 8.50. The average Bonchev–Trinajstić information content (AvgIpc) is 3.13. The Bertz CT molecular complexity index is 1090. The molecule has 1 heterocycles. The van der Waals surface area contributed by atoms with E-state index in [0.717, 1.165) is 23.3 Å². The van der Waals surface area contributed by atoms with Gasteiger partial charge < -0.3 is 9.73 Å². The van der Waals surface area contributed by atoms with Crippen molar-refractivity contribution in [3.63, 3.8) is 0 Å². The van der Waals surface area contributed by atoms with E-state index in [-0.39, 0.29) is 5.69 Å². The van der Waals surface area contributed by atoms with Gasteiger partial charge in [0.2, 0.25) is 11.7 Å². The zero-order valence-electron chi connectivity index (χ0n) is 14.6. The normalized spacial score (nSPS) is 11.0. The molecule has 0 aliphatic rings. The van der Waals surface area contributed by atoms with Gasteiger partial charge in [-0.1, -0.05) is 23.7 Å². The molecule has 0 saturated carbocycles. The average molecular weight is 401 g/mol. The summed E-state index contributed by atoms with van der Waals surface area (Å²) in [5.74, 6) is -0.488. The fraction of sp³-hybridized carbons (Fsp3) is 0.0500. The van der Waals surface area contributed by atoms with Gasteiger partial charge in [0.05, 0.1) is 4.92 Å². The molecule has 2 aromatic carbocycles. The number of anilines is 1. The lowest BCUT2D eigenvalue weighted by Crippen LogP contribution is -2.08. The lowest BCUT2D eigenvalue weighted by Gasteiger charge is -2.02. The molecule has 0 bridgehead atoms. The number of aryl methyl sites for hydroxylation is 1. The fourth-order valence-electron chi connectivity index (χ4n) is 2.42. The molecule has 3 rings (SSSR count). The monoisotopic (exact) mass is 400 g/mol. The van der Waals surface area contributed by atoms with Crippen LogP contribution in [0.15, 0.2) is 59.0 Å². The van der Waals surface area contributed by atoms with Crippen LogP contribution in [0.4, 0.5) is 15.8 Å². The summed E-state index contributed by atoms with van der Waals surface area (Å²) in [4.78, 5) is 21.9. The molecule has 6 nitrogen and oxygen atoms in total. The first-order chi connectivity index (χ1) is 13.3. The molecule has 0 aliphatic heterocycles. The van der Waals surface area contributed by atoms with Crippen molar-refractivity contribution in [2.75, 3.05) is 5.32 Å². The number of furan rings is 1. The van der Waals surface area contributed by atoms with Crippen LogP contribution in [0.5, 0.6) is 0 Å². The van der Waals surface area contributed by atoms with E-state index in [9.17, 15) is 19.3 Å². The maximum Gasteiger partial charge on any atom is 0.306 e. The number of nitrogens with one attached hydrogen (secondary N) is 1. The third-order valence-electron chi connectivity index (χ3n) is 3.89. The highest BCUT2D eigenvalue weighted by molar-refractivity contribution is 6.31. The quantitative estimate of drug-likeness (QED) is 0.343. The van der Waals surface area contributed by atoms with E-state index in [0.29, 0.717) is 16.5 Å². The second-order valence-electron chi connectivity index (χ2n) is 5.91. The second-order valence-corrected chi connectivity index (χ2v) is 6.32. The number of halogens is 2. The van der Waals surface area contributed by atoms with Crippen molar-refractivity contribution in [1.82, 2.24) is 0 Å². The van der Waals surface area contributed by atoms with E-state index in [1.807, 2.05) is 19.1 Å².